The van der Waals surface area contributed by atoms with E-state index in [1.807, 2.05) is 62.5 Å². The fraction of sp³-hybridized carbons (Fsp3) is 0.200. The van der Waals surface area contributed by atoms with Crippen molar-refractivity contribution in [2.45, 2.75) is 26.4 Å². The minimum Gasteiger partial charge on any atom is -0.292 e. The Hall–Kier alpha value is -3.08. The minimum absolute atomic E-state index is 0.0548. The highest BCUT2D eigenvalue weighted by atomic mass is 16.1. The lowest BCUT2D eigenvalue weighted by atomic mass is 10.2. The van der Waals surface area contributed by atoms with Crippen LogP contribution < -0.4 is 5.69 Å². The topological polar surface area (TPSA) is 44.8 Å². The maximum atomic E-state index is 12.8. The van der Waals surface area contributed by atoms with Crippen LogP contribution in [0.1, 0.15) is 18.9 Å². The highest BCUT2D eigenvalue weighted by molar-refractivity contribution is 5.76. The summed E-state index contributed by atoms with van der Waals surface area (Å²) >= 11 is 0. The van der Waals surface area contributed by atoms with E-state index in [1.54, 1.807) is 6.20 Å². The second-order valence-electron chi connectivity index (χ2n) is 6.13. The Morgan fingerprint density at radius 1 is 0.920 bits per heavy atom. The summed E-state index contributed by atoms with van der Waals surface area (Å²) in [6, 6.07) is 18.1. The normalized spacial score (nSPS) is 11.2. The molecule has 0 N–H and O–H groups in total. The molecule has 0 unspecified atom stereocenters. The summed E-state index contributed by atoms with van der Waals surface area (Å²) < 4.78 is 5.55. The zero-order valence-corrected chi connectivity index (χ0v) is 14.2. The molecule has 0 aliphatic rings. The molecule has 2 heterocycles. The van der Waals surface area contributed by atoms with Crippen molar-refractivity contribution in [2.24, 2.45) is 0 Å². The third-order valence-electron chi connectivity index (χ3n) is 4.42. The molecule has 0 atom stereocenters. The third kappa shape index (κ3) is 2.78. The number of hydrogen-bond acceptors (Lipinski definition) is 2. The molecule has 25 heavy (non-hydrogen) atoms. The molecule has 5 nitrogen and oxygen atoms in total. The molecule has 5 heteroatoms. The molecular formula is C20H20N4O. The molecule has 0 radical (unpaired) electrons. The van der Waals surface area contributed by atoms with Gasteiger partial charge in [0.25, 0.3) is 0 Å². The van der Waals surface area contributed by atoms with Crippen molar-refractivity contribution >= 4 is 11.0 Å². The summed E-state index contributed by atoms with van der Waals surface area (Å²) in [5, 5.41) is 4.24. The number of rotatable bonds is 5. The summed E-state index contributed by atoms with van der Waals surface area (Å²) in [4.78, 5) is 12.8. The Labute approximate surface area is 145 Å². The van der Waals surface area contributed by atoms with Gasteiger partial charge < -0.3 is 0 Å². The van der Waals surface area contributed by atoms with Gasteiger partial charge in [0.05, 0.1) is 23.3 Å². The summed E-state index contributed by atoms with van der Waals surface area (Å²) in [6.45, 7) is 3.40. The van der Waals surface area contributed by atoms with E-state index in [9.17, 15) is 4.79 Å². The summed E-state index contributed by atoms with van der Waals surface area (Å²) in [6.07, 6.45) is 4.61. The van der Waals surface area contributed by atoms with E-state index in [2.05, 4.69) is 24.2 Å². The number of para-hydroxylation sites is 2. The molecule has 0 aliphatic carbocycles. The van der Waals surface area contributed by atoms with Gasteiger partial charge in [-0.1, -0.05) is 31.2 Å². The summed E-state index contributed by atoms with van der Waals surface area (Å²) in [5.41, 5.74) is 4.14. The van der Waals surface area contributed by atoms with E-state index < -0.39 is 0 Å². The maximum absolute atomic E-state index is 12.8. The van der Waals surface area contributed by atoms with Crippen LogP contribution in [0.25, 0.3) is 16.7 Å². The Morgan fingerprint density at radius 3 is 2.28 bits per heavy atom. The Kier molecular flexibility index (Phi) is 3.98. The molecule has 0 fully saturated rings. The van der Waals surface area contributed by atoms with Crippen molar-refractivity contribution in [3.63, 3.8) is 0 Å². The quantitative estimate of drug-likeness (QED) is 0.562. The van der Waals surface area contributed by atoms with Crippen molar-refractivity contribution in [2.75, 3.05) is 0 Å². The number of nitrogens with zero attached hydrogens (tertiary/aromatic N) is 4. The molecule has 0 saturated carbocycles. The lowest BCUT2D eigenvalue weighted by molar-refractivity contribution is 0.638. The number of imidazole rings is 1. The number of hydrogen-bond donors (Lipinski definition) is 0. The number of aryl methyl sites for hydroxylation is 1. The van der Waals surface area contributed by atoms with Crippen LogP contribution in [0, 0.1) is 0 Å². The van der Waals surface area contributed by atoms with Gasteiger partial charge in [0.2, 0.25) is 0 Å². The maximum Gasteiger partial charge on any atom is 0.329 e. The molecule has 0 spiro atoms. The third-order valence-corrected chi connectivity index (χ3v) is 4.42. The Bertz CT molecular complexity index is 1040. The van der Waals surface area contributed by atoms with Gasteiger partial charge in [0.1, 0.15) is 0 Å². The second kappa shape index (κ2) is 6.43. The first-order chi connectivity index (χ1) is 12.3. The molecule has 126 valence electrons. The molecule has 0 amide bonds. The monoisotopic (exact) mass is 332 g/mol. The van der Waals surface area contributed by atoms with Gasteiger partial charge in [-0.25, -0.2) is 9.48 Å². The van der Waals surface area contributed by atoms with Gasteiger partial charge in [-0.3, -0.25) is 9.13 Å². The standard InChI is InChI=1S/C20H20N4O/c1-2-13-22-18-6-3-4-7-19(18)23(20(22)25)15-16-8-10-17(11-9-16)24-14-5-12-21-24/h3-12,14H,2,13,15H2,1H3. The van der Waals surface area contributed by atoms with E-state index in [1.165, 1.54) is 0 Å². The predicted octanol–water partition coefficient (Wildman–Crippen LogP) is 3.45. The fourth-order valence-electron chi connectivity index (χ4n) is 3.22. The molecule has 0 bridgehead atoms. The van der Waals surface area contributed by atoms with Gasteiger partial charge in [0.15, 0.2) is 0 Å². The molecule has 0 aliphatic heterocycles. The van der Waals surface area contributed by atoms with Crippen molar-refractivity contribution in [1.82, 2.24) is 18.9 Å². The molecule has 0 saturated heterocycles. The van der Waals surface area contributed by atoms with Gasteiger partial charge in [-0.2, -0.15) is 5.10 Å². The van der Waals surface area contributed by atoms with Crippen molar-refractivity contribution in [1.29, 1.82) is 0 Å². The molecule has 2 aromatic carbocycles. The summed E-state index contributed by atoms with van der Waals surface area (Å²) in [7, 11) is 0. The summed E-state index contributed by atoms with van der Waals surface area (Å²) in [5.74, 6) is 0. The van der Waals surface area contributed by atoms with Crippen LogP contribution in [0.4, 0.5) is 0 Å². The van der Waals surface area contributed by atoms with E-state index in [0.29, 0.717) is 6.54 Å². The van der Waals surface area contributed by atoms with Gasteiger partial charge in [0, 0.05) is 18.9 Å². The van der Waals surface area contributed by atoms with Crippen molar-refractivity contribution < 1.29 is 0 Å². The van der Waals surface area contributed by atoms with E-state index in [0.717, 1.165) is 35.2 Å². The average molecular weight is 332 g/mol. The van der Waals surface area contributed by atoms with Crippen LogP contribution >= 0.6 is 0 Å². The van der Waals surface area contributed by atoms with Crippen LogP contribution in [0.3, 0.4) is 0 Å². The molecule has 4 aromatic rings. The van der Waals surface area contributed by atoms with Gasteiger partial charge >= 0.3 is 5.69 Å². The Morgan fingerprint density at radius 2 is 1.64 bits per heavy atom. The van der Waals surface area contributed by atoms with E-state index in [4.69, 9.17) is 0 Å². The van der Waals surface area contributed by atoms with Crippen molar-refractivity contribution in [3.8, 4) is 5.69 Å². The van der Waals surface area contributed by atoms with Crippen LogP contribution in [-0.2, 0) is 13.1 Å². The largest absolute Gasteiger partial charge is 0.329 e. The second-order valence-corrected chi connectivity index (χ2v) is 6.13. The average Bonchev–Trinajstić information content (AvgIpc) is 3.26. The lowest BCUT2D eigenvalue weighted by Gasteiger charge is -2.06. The van der Waals surface area contributed by atoms with E-state index >= 15 is 0 Å². The Balaban J connectivity index is 1.71. The fourth-order valence-corrected chi connectivity index (χ4v) is 3.22. The highest BCUT2D eigenvalue weighted by Gasteiger charge is 2.12. The smallest absolute Gasteiger partial charge is 0.292 e. The zero-order valence-electron chi connectivity index (χ0n) is 14.2. The van der Waals surface area contributed by atoms with Gasteiger partial charge in [-0.15, -0.1) is 0 Å². The first kappa shape index (κ1) is 15.4. The van der Waals surface area contributed by atoms with Crippen LogP contribution in [-0.4, -0.2) is 18.9 Å². The zero-order chi connectivity index (χ0) is 17.2. The minimum atomic E-state index is 0.0548. The van der Waals surface area contributed by atoms with Crippen molar-refractivity contribution in [3.05, 3.63) is 83.0 Å². The highest BCUT2D eigenvalue weighted by Crippen LogP contribution is 2.16. The molecular weight excluding hydrogens is 312 g/mol. The lowest BCUT2D eigenvalue weighted by Crippen LogP contribution is -2.24. The SMILES string of the molecule is CCCn1c(=O)n(Cc2ccc(-n3cccn3)cc2)c2ccccc21. The van der Waals surface area contributed by atoms with E-state index in [-0.39, 0.29) is 5.69 Å². The van der Waals surface area contributed by atoms with Crippen LogP contribution in [0.2, 0.25) is 0 Å². The molecule has 4 rings (SSSR count). The first-order valence-corrected chi connectivity index (χ1v) is 8.55. The molecule has 2 aromatic heterocycles. The van der Waals surface area contributed by atoms with Gasteiger partial charge in [-0.05, 0) is 42.3 Å². The first-order valence-electron chi connectivity index (χ1n) is 8.55. The van der Waals surface area contributed by atoms with Crippen LogP contribution in [0.5, 0.6) is 0 Å². The number of fused-ring (bicyclic) bond motifs is 1. The number of benzene rings is 2. The predicted molar refractivity (Wildman–Crippen MR) is 99.2 cm³/mol. The number of aromatic nitrogens is 4. The van der Waals surface area contributed by atoms with Crippen LogP contribution in [0.15, 0.2) is 71.8 Å².